The summed E-state index contributed by atoms with van der Waals surface area (Å²) in [4.78, 5) is 14.6. The zero-order valence-electron chi connectivity index (χ0n) is 12.3. The Labute approximate surface area is 112 Å². The van der Waals surface area contributed by atoms with Crippen LogP contribution in [0.25, 0.3) is 0 Å². The molecule has 0 radical (unpaired) electrons. The van der Waals surface area contributed by atoms with Crippen LogP contribution < -0.4 is 5.73 Å². The van der Waals surface area contributed by atoms with E-state index in [4.69, 9.17) is 5.73 Å². The summed E-state index contributed by atoms with van der Waals surface area (Å²) in [6.45, 7) is 9.10. The summed E-state index contributed by atoms with van der Waals surface area (Å²) >= 11 is 0. The Morgan fingerprint density at radius 3 is 2.44 bits per heavy atom. The number of hydrogen-bond acceptors (Lipinski definition) is 2. The van der Waals surface area contributed by atoms with Gasteiger partial charge in [0.1, 0.15) is 0 Å². The van der Waals surface area contributed by atoms with Crippen LogP contribution in [-0.2, 0) is 4.79 Å². The standard InChI is InChI=1S/C15H30N2O/c1-4-6-13(7-5-2)15(18)17-9-8-12(3)14(10-16)11-17/h12-14H,4-11,16H2,1-3H3. The lowest BCUT2D eigenvalue weighted by atomic mass is 9.86. The van der Waals surface area contributed by atoms with Crippen molar-refractivity contribution in [2.75, 3.05) is 19.6 Å². The second kappa shape index (κ2) is 7.78. The van der Waals surface area contributed by atoms with E-state index in [9.17, 15) is 4.79 Å². The maximum atomic E-state index is 12.5. The zero-order chi connectivity index (χ0) is 13.5. The molecule has 1 saturated heterocycles. The second-order valence-electron chi connectivity index (χ2n) is 5.82. The summed E-state index contributed by atoms with van der Waals surface area (Å²) in [7, 11) is 0. The Hall–Kier alpha value is -0.570. The lowest BCUT2D eigenvalue weighted by molar-refractivity contribution is -0.138. The fourth-order valence-corrected chi connectivity index (χ4v) is 3.00. The molecule has 1 heterocycles. The molecule has 0 aliphatic carbocycles. The van der Waals surface area contributed by atoms with Gasteiger partial charge in [0.2, 0.25) is 5.91 Å². The number of piperidine rings is 1. The molecule has 2 atom stereocenters. The van der Waals surface area contributed by atoms with Crippen molar-refractivity contribution in [2.24, 2.45) is 23.5 Å². The number of carbonyl (C=O) groups is 1. The largest absolute Gasteiger partial charge is 0.342 e. The highest BCUT2D eigenvalue weighted by Crippen LogP contribution is 2.25. The highest BCUT2D eigenvalue weighted by molar-refractivity contribution is 5.78. The highest BCUT2D eigenvalue weighted by atomic mass is 16.2. The molecule has 0 aromatic rings. The van der Waals surface area contributed by atoms with Crippen LogP contribution in [-0.4, -0.2) is 30.4 Å². The van der Waals surface area contributed by atoms with Crippen molar-refractivity contribution in [2.45, 2.75) is 52.9 Å². The SMILES string of the molecule is CCCC(CCC)C(=O)N1CCC(C)C(CN)C1. The van der Waals surface area contributed by atoms with Gasteiger partial charge in [-0.25, -0.2) is 0 Å². The molecule has 3 heteroatoms. The number of carbonyl (C=O) groups excluding carboxylic acids is 1. The number of nitrogens with two attached hydrogens (primary N) is 1. The first-order chi connectivity index (χ1) is 8.63. The lowest BCUT2D eigenvalue weighted by Crippen LogP contribution is -2.47. The smallest absolute Gasteiger partial charge is 0.225 e. The van der Waals surface area contributed by atoms with E-state index in [0.29, 0.717) is 24.3 Å². The summed E-state index contributed by atoms with van der Waals surface area (Å²) in [5.74, 6) is 1.78. The van der Waals surface area contributed by atoms with Gasteiger partial charge in [0, 0.05) is 19.0 Å². The Bertz CT molecular complexity index is 249. The van der Waals surface area contributed by atoms with Gasteiger partial charge in [0.25, 0.3) is 0 Å². The van der Waals surface area contributed by atoms with Crippen molar-refractivity contribution in [3.05, 3.63) is 0 Å². The average Bonchev–Trinajstić information content (AvgIpc) is 2.38. The molecule has 2 N–H and O–H groups in total. The van der Waals surface area contributed by atoms with E-state index in [1.54, 1.807) is 0 Å². The molecular weight excluding hydrogens is 224 g/mol. The molecule has 0 aromatic carbocycles. The Morgan fingerprint density at radius 1 is 1.33 bits per heavy atom. The van der Waals surface area contributed by atoms with Gasteiger partial charge in [-0.15, -0.1) is 0 Å². The van der Waals surface area contributed by atoms with Crippen LogP contribution in [0.15, 0.2) is 0 Å². The fraction of sp³-hybridized carbons (Fsp3) is 0.933. The molecule has 1 aliphatic heterocycles. The van der Waals surface area contributed by atoms with Crippen LogP contribution in [0.5, 0.6) is 0 Å². The molecule has 0 spiro atoms. The van der Waals surface area contributed by atoms with Crippen LogP contribution in [0.2, 0.25) is 0 Å². The first kappa shape index (κ1) is 15.5. The monoisotopic (exact) mass is 254 g/mol. The molecule has 106 valence electrons. The number of hydrogen-bond donors (Lipinski definition) is 1. The number of nitrogens with zero attached hydrogens (tertiary/aromatic N) is 1. The van der Waals surface area contributed by atoms with Gasteiger partial charge in [0.05, 0.1) is 0 Å². The fourth-order valence-electron chi connectivity index (χ4n) is 3.00. The Kier molecular flexibility index (Phi) is 6.69. The van der Waals surface area contributed by atoms with E-state index in [-0.39, 0.29) is 5.92 Å². The van der Waals surface area contributed by atoms with Crippen molar-refractivity contribution in [3.8, 4) is 0 Å². The number of rotatable bonds is 6. The molecule has 1 aliphatic rings. The Morgan fingerprint density at radius 2 is 1.94 bits per heavy atom. The zero-order valence-corrected chi connectivity index (χ0v) is 12.3. The summed E-state index contributed by atoms with van der Waals surface area (Å²) in [6.07, 6.45) is 5.37. The topological polar surface area (TPSA) is 46.3 Å². The van der Waals surface area contributed by atoms with Crippen LogP contribution in [0.3, 0.4) is 0 Å². The van der Waals surface area contributed by atoms with Gasteiger partial charge in [-0.3, -0.25) is 4.79 Å². The van der Waals surface area contributed by atoms with Crippen molar-refractivity contribution in [1.82, 2.24) is 4.90 Å². The maximum absolute atomic E-state index is 12.5. The van der Waals surface area contributed by atoms with Gasteiger partial charge in [0.15, 0.2) is 0 Å². The molecular formula is C15H30N2O. The molecule has 2 unspecified atom stereocenters. The van der Waals surface area contributed by atoms with Crippen molar-refractivity contribution in [1.29, 1.82) is 0 Å². The van der Waals surface area contributed by atoms with Gasteiger partial charge >= 0.3 is 0 Å². The second-order valence-corrected chi connectivity index (χ2v) is 5.82. The van der Waals surface area contributed by atoms with Gasteiger partial charge in [-0.1, -0.05) is 33.6 Å². The molecule has 1 fully saturated rings. The molecule has 1 amide bonds. The quantitative estimate of drug-likeness (QED) is 0.792. The molecule has 0 saturated carbocycles. The van der Waals surface area contributed by atoms with E-state index >= 15 is 0 Å². The first-order valence-corrected chi connectivity index (χ1v) is 7.62. The van der Waals surface area contributed by atoms with Crippen molar-refractivity contribution < 1.29 is 4.79 Å². The van der Waals surface area contributed by atoms with E-state index in [1.165, 1.54) is 0 Å². The van der Waals surface area contributed by atoms with Gasteiger partial charge in [-0.2, -0.15) is 0 Å². The van der Waals surface area contributed by atoms with Gasteiger partial charge < -0.3 is 10.6 Å². The summed E-state index contributed by atoms with van der Waals surface area (Å²) < 4.78 is 0. The van der Waals surface area contributed by atoms with E-state index in [1.807, 2.05) is 0 Å². The lowest BCUT2D eigenvalue weighted by Gasteiger charge is -2.38. The summed E-state index contributed by atoms with van der Waals surface area (Å²) in [6, 6.07) is 0. The predicted octanol–water partition coefficient (Wildman–Crippen LogP) is 2.65. The summed E-state index contributed by atoms with van der Waals surface area (Å²) in [5.41, 5.74) is 5.81. The van der Waals surface area contributed by atoms with Crippen LogP contribution in [0, 0.1) is 17.8 Å². The van der Waals surface area contributed by atoms with Crippen LogP contribution in [0.4, 0.5) is 0 Å². The van der Waals surface area contributed by atoms with E-state index in [0.717, 1.165) is 45.2 Å². The maximum Gasteiger partial charge on any atom is 0.225 e. The van der Waals surface area contributed by atoms with E-state index in [2.05, 4.69) is 25.7 Å². The minimum Gasteiger partial charge on any atom is -0.342 e. The third-order valence-electron chi connectivity index (χ3n) is 4.35. The third-order valence-corrected chi connectivity index (χ3v) is 4.35. The molecule has 0 bridgehead atoms. The minimum absolute atomic E-state index is 0.242. The number of amides is 1. The molecule has 18 heavy (non-hydrogen) atoms. The van der Waals surface area contributed by atoms with Crippen LogP contribution in [0.1, 0.15) is 52.9 Å². The average molecular weight is 254 g/mol. The van der Waals surface area contributed by atoms with E-state index < -0.39 is 0 Å². The molecule has 3 nitrogen and oxygen atoms in total. The first-order valence-electron chi connectivity index (χ1n) is 7.62. The molecule has 1 rings (SSSR count). The molecule has 0 aromatic heterocycles. The number of likely N-dealkylation sites (tertiary alicyclic amines) is 1. The minimum atomic E-state index is 0.242. The predicted molar refractivity (Wildman–Crippen MR) is 76.2 cm³/mol. The summed E-state index contributed by atoms with van der Waals surface area (Å²) in [5, 5.41) is 0. The van der Waals surface area contributed by atoms with Gasteiger partial charge in [-0.05, 0) is 37.6 Å². The van der Waals surface area contributed by atoms with Crippen LogP contribution >= 0.6 is 0 Å². The normalized spacial score (nSPS) is 24.6. The highest BCUT2D eigenvalue weighted by Gasteiger charge is 2.30. The Balaban J connectivity index is 2.58. The third kappa shape index (κ3) is 3.98. The van der Waals surface area contributed by atoms with Crippen molar-refractivity contribution >= 4 is 5.91 Å². The van der Waals surface area contributed by atoms with Crippen molar-refractivity contribution in [3.63, 3.8) is 0 Å².